The van der Waals surface area contributed by atoms with Crippen LogP contribution < -0.4 is 5.56 Å². The van der Waals surface area contributed by atoms with Crippen LogP contribution in [-0.2, 0) is 12.2 Å². The number of non-ortho nitro benzene ring substituents is 1. The first-order valence-electron chi connectivity index (χ1n) is 6.19. The molecule has 1 aromatic heterocycles. The molecular weight excluding hydrogens is 294 g/mol. The van der Waals surface area contributed by atoms with Crippen molar-refractivity contribution in [3.8, 4) is 5.88 Å². The summed E-state index contributed by atoms with van der Waals surface area (Å²) in [5.41, 5.74) is 0.790. The molecule has 1 heterocycles. The minimum atomic E-state index is -0.461. The van der Waals surface area contributed by atoms with Crippen molar-refractivity contribution in [3.63, 3.8) is 0 Å². The van der Waals surface area contributed by atoms with Gasteiger partial charge in [0.15, 0.2) is 5.16 Å². The molecule has 0 fully saturated rings. The molecule has 8 heteroatoms. The third-order valence-corrected chi connectivity index (χ3v) is 3.79. The van der Waals surface area contributed by atoms with Crippen molar-refractivity contribution in [3.05, 3.63) is 55.9 Å². The Kier molecular flexibility index (Phi) is 4.59. The number of H-pyrrole nitrogens is 1. The maximum absolute atomic E-state index is 11.7. The average Bonchev–Trinajstić information content (AvgIpc) is 2.45. The van der Waals surface area contributed by atoms with Crippen LogP contribution in [0.4, 0.5) is 5.69 Å². The van der Waals surface area contributed by atoms with E-state index < -0.39 is 4.92 Å². The molecular formula is C13H13N3O4S. The highest BCUT2D eigenvalue weighted by atomic mass is 32.2. The van der Waals surface area contributed by atoms with Gasteiger partial charge in [-0.25, -0.2) is 0 Å². The van der Waals surface area contributed by atoms with Crippen LogP contribution >= 0.6 is 11.8 Å². The third-order valence-electron chi connectivity index (χ3n) is 2.85. The van der Waals surface area contributed by atoms with Gasteiger partial charge in [0.05, 0.1) is 10.5 Å². The standard InChI is InChI=1S/C13H13N3O4S/c1-2-10-11(17)14-13(15-12(10)18)21-7-8-3-5-9(6-4-8)16(19)20/h3-6H,2,7H2,1H3,(H2,14,15,17,18). The van der Waals surface area contributed by atoms with Gasteiger partial charge in [-0.2, -0.15) is 4.98 Å². The average molecular weight is 307 g/mol. The number of rotatable bonds is 5. The first kappa shape index (κ1) is 15.0. The van der Waals surface area contributed by atoms with Crippen LogP contribution in [0, 0.1) is 10.1 Å². The lowest BCUT2D eigenvalue weighted by atomic mass is 10.2. The Labute approximate surface area is 124 Å². The monoisotopic (exact) mass is 307 g/mol. The SMILES string of the molecule is CCc1c(O)nc(SCc2ccc([N+](=O)[O-])cc2)[nH]c1=O. The fourth-order valence-corrected chi connectivity index (χ4v) is 2.53. The lowest BCUT2D eigenvalue weighted by molar-refractivity contribution is -0.384. The van der Waals surface area contributed by atoms with E-state index in [-0.39, 0.29) is 22.7 Å². The maximum atomic E-state index is 11.7. The molecule has 0 atom stereocenters. The summed E-state index contributed by atoms with van der Waals surface area (Å²) in [4.78, 5) is 28.3. The molecule has 0 aliphatic heterocycles. The molecule has 2 aromatic rings. The zero-order valence-corrected chi connectivity index (χ0v) is 12.0. The minimum absolute atomic E-state index is 0.0280. The Morgan fingerprint density at radius 3 is 2.57 bits per heavy atom. The molecule has 0 spiro atoms. The zero-order valence-electron chi connectivity index (χ0n) is 11.2. The molecule has 2 N–H and O–H groups in total. The van der Waals surface area contributed by atoms with E-state index >= 15 is 0 Å². The summed E-state index contributed by atoms with van der Waals surface area (Å²) in [6, 6.07) is 6.13. The van der Waals surface area contributed by atoms with Gasteiger partial charge < -0.3 is 10.1 Å². The van der Waals surface area contributed by atoms with Crippen molar-refractivity contribution in [1.82, 2.24) is 9.97 Å². The quantitative estimate of drug-likeness (QED) is 0.379. The van der Waals surface area contributed by atoms with E-state index in [1.165, 1.54) is 23.9 Å². The van der Waals surface area contributed by atoms with Gasteiger partial charge in [-0.1, -0.05) is 30.8 Å². The first-order chi connectivity index (χ1) is 10.0. The highest BCUT2D eigenvalue weighted by molar-refractivity contribution is 7.98. The summed E-state index contributed by atoms with van der Waals surface area (Å²) in [7, 11) is 0. The summed E-state index contributed by atoms with van der Waals surface area (Å²) in [5, 5.41) is 20.5. The predicted octanol–water partition coefficient (Wildman–Crippen LogP) is 2.24. The number of nitro benzene ring substituents is 1. The lowest BCUT2D eigenvalue weighted by Gasteiger charge is -2.04. The second kappa shape index (κ2) is 6.40. The summed E-state index contributed by atoms with van der Waals surface area (Å²) in [6.07, 6.45) is 0.404. The van der Waals surface area contributed by atoms with E-state index in [1.807, 2.05) is 0 Å². The van der Waals surface area contributed by atoms with Crippen molar-refractivity contribution in [2.45, 2.75) is 24.3 Å². The van der Waals surface area contributed by atoms with Crippen LogP contribution in [0.3, 0.4) is 0 Å². The second-order valence-electron chi connectivity index (χ2n) is 4.24. The lowest BCUT2D eigenvalue weighted by Crippen LogP contribution is -2.14. The van der Waals surface area contributed by atoms with Gasteiger partial charge in [-0.05, 0) is 12.0 Å². The molecule has 7 nitrogen and oxygen atoms in total. The normalized spacial score (nSPS) is 10.5. The van der Waals surface area contributed by atoms with Crippen molar-refractivity contribution >= 4 is 17.4 Å². The summed E-state index contributed by atoms with van der Waals surface area (Å²) in [6.45, 7) is 1.76. The van der Waals surface area contributed by atoms with Gasteiger partial charge in [0.25, 0.3) is 11.2 Å². The Morgan fingerprint density at radius 2 is 2.05 bits per heavy atom. The number of benzene rings is 1. The van der Waals surface area contributed by atoms with Crippen LogP contribution in [-0.4, -0.2) is 20.0 Å². The Hall–Kier alpha value is -2.35. The van der Waals surface area contributed by atoms with E-state index in [0.29, 0.717) is 17.3 Å². The highest BCUT2D eigenvalue weighted by Crippen LogP contribution is 2.22. The maximum Gasteiger partial charge on any atom is 0.269 e. The predicted molar refractivity (Wildman–Crippen MR) is 78.6 cm³/mol. The number of thioether (sulfide) groups is 1. The molecule has 110 valence electrons. The molecule has 0 unspecified atom stereocenters. The summed E-state index contributed by atoms with van der Waals surface area (Å²) >= 11 is 1.24. The van der Waals surface area contributed by atoms with E-state index in [1.54, 1.807) is 19.1 Å². The molecule has 0 amide bonds. The van der Waals surface area contributed by atoms with E-state index in [4.69, 9.17) is 0 Å². The fraction of sp³-hybridized carbons (Fsp3) is 0.231. The van der Waals surface area contributed by atoms with Crippen LogP contribution in [0.25, 0.3) is 0 Å². The molecule has 0 aliphatic carbocycles. The molecule has 0 saturated heterocycles. The van der Waals surface area contributed by atoms with Crippen LogP contribution in [0.2, 0.25) is 0 Å². The highest BCUT2D eigenvalue weighted by Gasteiger charge is 2.09. The Balaban J connectivity index is 2.09. The molecule has 0 bridgehead atoms. The summed E-state index contributed by atoms with van der Waals surface area (Å²) in [5.74, 6) is 0.221. The van der Waals surface area contributed by atoms with Crippen LogP contribution in [0.1, 0.15) is 18.1 Å². The second-order valence-corrected chi connectivity index (χ2v) is 5.20. The minimum Gasteiger partial charge on any atom is -0.493 e. The van der Waals surface area contributed by atoms with Crippen LogP contribution in [0.15, 0.2) is 34.2 Å². The topological polar surface area (TPSA) is 109 Å². The number of nitrogens with one attached hydrogen (secondary N) is 1. The van der Waals surface area contributed by atoms with E-state index in [9.17, 15) is 20.0 Å². The number of aromatic amines is 1. The largest absolute Gasteiger partial charge is 0.493 e. The summed E-state index contributed by atoms with van der Waals surface area (Å²) < 4.78 is 0. The Bertz CT molecular complexity index is 712. The molecule has 0 radical (unpaired) electrons. The van der Waals surface area contributed by atoms with Crippen molar-refractivity contribution in [1.29, 1.82) is 0 Å². The van der Waals surface area contributed by atoms with Crippen molar-refractivity contribution < 1.29 is 10.0 Å². The van der Waals surface area contributed by atoms with E-state index in [0.717, 1.165) is 5.56 Å². The molecule has 2 rings (SSSR count). The van der Waals surface area contributed by atoms with Gasteiger partial charge in [0.2, 0.25) is 5.88 Å². The van der Waals surface area contributed by atoms with Crippen LogP contribution in [0.5, 0.6) is 5.88 Å². The molecule has 0 saturated carbocycles. The van der Waals surface area contributed by atoms with Gasteiger partial charge in [-0.15, -0.1) is 0 Å². The number of nitro groups is 1. The van der Waals surface area contributed by atoms with E-state index in [2.05, 4.69) is 9.97 Å². The fourth-order valence-electron chi connectivity index (χ4n) is 1.72. The van der Waals surface area contributed by atoms with Crippen molar-refractivity contribution in [2.75, 3.05) is 0 Å². The smallest absolute Gasteiger partial charge is 0.269 e. The number of hydrogen-bond acceptors (Lipinski definition) is 6. The number of hydrogen-bond donors (Lipinski definition) is 2. The molecule has 0 aliphatic rings. The van der Waals surface area contributed by atoms with Gasteiger partial charge in [-0.3, -0.25) is 14.9 Å². The zero-order chi connectivity index (χ0) is 15.4. The van der Waals surface area contributed by atoms with Gasteiger partial charge >= 0.3 is 0 Å². The molecule has 1 aromatic carbocycles. The first-order valence-corrected chi connectivity index (χ1v) is 7.18. The van der Waals surface area contributed by atoms with Gasteiger partial charge in [0.1, 0.15) is 0 Å². The van der Waals surface area contributed by atoms with Crippen molar-refractivity contribution in [2.24, 2.45) is 0 Å². The third kappa shape index (κ3) is 3.60. The Morgan fingerprint density at radius 1 is 1.38 bits per heavy atom. The van der Waals surface area contributed by atoms with Gasteiger partial charge in [0, 0.05) is 17.9 Å². The molecule has 21 heavy (non-hydrogen) atoms. The number of aromatic nitrogens is 2. The number of nitrogens with zero attached hydrogens (tertiary/aromatic N) is 2. The number of aromatic hydroxyl groups is 1.